The largest absolute Gasteiger partial charge is 0.0653 e. The van der Waals surface area contributed by atoms with Gasteiger partial charge in [0.05, 0.1) is 0 Å². The van der Waals surface area contributed by atoms with E-state index in [1.807, 2.05) is 0 Å². The van der Waals surface area contributed by atoms with Crippen molar-refractivity contribution in [2.24, 2.45) is 0 Å². The molecule has 0 N–H and O–H groups in total. The van der Waals surface area contributed by atoms with Gasteiger partial charge in [0.1, 0.15) is 0 Å². The van der Waals surface area contributed by atoms with Crippen LogP contribution in [0.3, 0.4) is 0 Å². The maximum atomic E-state index is 2.50. The molecule has 9 rings (SSSR count). The lowest BCUT2D eigenvalue weighted by Gasteiger charge is -2.32. The molecule has 0 unspecified atom stereocenters. The van der Waals surface area contributed by atoms with Crippen LogP contribution >= 0.6 is 0 Å². The van der Waals surface area contributed by atoms with Crippen LogP contribution in [0.25, 0.3) is 68.1 Å². The molecular formula is C56H54. The van der Waals surface area contributed by atoms with Gasteiger partial charge in [-0.2, -0.15) is 0 Å². The van der Waals surface area contributed by atoms with Crippen LogP contribution in [0.1, 0.15) is 124 Å². The van der Waals surface area contributed by atoms with Crippen LogP contribution in [-0.4, -0.2) is 0 Å². The summed E-state index contributed by atoms with van der Waals surface area (Å²) in [7, 11) is 0. The maximum absolute atomic E-state index is 2.50. The molecule has 0 radical (unpaired) electrons. The highest BCUT2D eigenvalue weighted by Crippen LogP contribution is 2.55. The summed E-state index contributed by atoms with van der Waals surface area (Å²) >= 11 is 0. The first-order valence-corrected chi connectivity index (χ1v) is 21.3. The van der Waals surface area contributed by atoms with Gasteiger partial charge in [0.2, 0.25) is 0 Å². The van der Waals surface area contributed by atoms with Gasteiger partial charge in [-0.1, -0.05) is 211 Å². The van der Waals surface area contributed by atoms with Crippen molar-refractivity contribution in [2.45, 2.75) is 89.9 Å². The average Bonchev–Trinajstić information content (AvgIpc) is 3.65. The molecule has 0 atom stereocenters. The van der Waals surface area contributed by atoms with Crippen molar-refractivity contribution in [3.8, 4) is 22.3 Å². The second kappa shape index (κ2) is 14.9. The van der Waals surface area contributed by atoms with Crippen LogP contribution in [0.15, 0.2) is 133 Å². The minimum absolute atomic E-state index is 0.0863. The van der Waals surface area contributed by atoms with Crippen molar-refractivity contribution >= 4 is 45.8 Å². The summed E-state index contributed by atoms with van der Waals surface area (Å²) in [5, 5.41) is 5.15. The summed E-state index contributed by atoms with van der Waals surface area (Å²) in [5.41, 5.74) is 17.0. The standard InChI is InChI=1S/C56H54/c1-5-33-55(34-6-2)51-23-15-13-21-47(51)49-31-27-39(37-53(49)55)25-29-45-41-17-9-11-19-43(41)46(44-20-12-10-18-42(44)45)30-26-40-28-32-50-48-22-14-16-24-52(48)56(35-7-3,36-8-4)54(50)38-40/h9-32,37-38H,5-8,33-36H2,1-4H3/b29-25+,30-26+. The van der Waals surface area contributed by atoms with Crippen LogP contribution in [0.2, 0.25) is 0 Å². The Hall–Kier alpha value is -5.46. The molecule has 2 aliphatic carbocycles. The van der Waals surface area contributed by atoms with E-state index in [1.165, 1.54) is 140 Å². The third-order valence-electron chi connectivity index (χ3n) is 13.2. The predicted octanol–water partition coefficient (Wildman–Crippen LogP) is 16.1. The van der Waals surface area contributed by atoms with Gasteiger partial charge in [0, 0.05) is 10.8 Å². The lowest BCUT2D eigenvalue weighted by atomic mass is 9.71. The molecule has 2 aliphatic rings. The minimum Gasteiger partial charge on any atom is -0.0653 e. The monoisotopic (exact) mass is 726 g/mol. The fourth-order valence-electron chi connectivity index (χ4n) is 11.1. The third kappa shape index (κ3) is 5.72. The lowest BCUT2D eigenvalue weighted by molar-refractivity contribution is 0.435. The number of benzene rings is 7. The van der Waals surface area contributed by atoms with E-state index in [-0.39, 0.29) is 10.8 Å². The molecule has 0 saturated heterocycles. The lowest BCUT2D eigenvalue weighted by Crippen LogP contribution is -2.25. The summed E-state index contributed by atoms with van der Waals surface area (Å²) in [5.74, 6) is 0. The fourth-order valence-corrected chi connectivity index (χ4v) is 11.1. The molecule has 0 bridgehead atoms. The first-order valence-electron chi connectivity index (χ1n) is 21.3. The van der Waals surface area contributed by atoms with E-state index in [0.717, 1.165) is 0 Å². The smallest absolute Gasteiger partial charge is 0.0215 e. The molecule has 7 aromatic rings. The Morgan fingerprint density at radius 1 is 0.339 bits per heavy atom. The highest BCUT2D eigenvalue weighted by molar-refractivity contribution is 6.14. The molecular weight excluding hydrogens is 673 g/mol. The Balaban J connectivity index is 1.13. The molecule has 278 valence electrons. The second-order valence-electron chi connectivity index (χ2n) is 16.5. The van der Waals surface area contributed by atoms with E-state index in [2.05, 4.69) is 185 Å². The summed E-state index contributed by atoms with van der Waals surface area (Å²) in [6.07, 6.45) is 18.9. The van der Waals surface area contributed by atoms with Crippen molar-refractivity contribution in [1.29, 1.82) is 0 Å². The van der Waals surface area contributed by atoms with Gasteiger partial charge in [0.25, 0.3) is 0 Å². The quantitative estimate of drug-likeness (QED) is 0.0869. The van der Waals surface area contributed by atoms with Gasteiger partial charge in [-0.15, -0.1) is 0 Å². The van der Waals surface area contributed by atoms with Crippen LogP contribution in [0.4, 0.5) is 0 Å². The maximum Gasteiger partial charge on any atom is 0.0215 e. The molecule has 0 heteroatoms. The number of fused-ring (bicyclic) bond motifs is 8. The number of hydrogen-bond donors (Lipinski definition) is 0. The fraction of sp³-hybridized carbons (Fsp3) is 0.250. The Labute approximate surface area is 334 Å². The molecule has 0 aromatic heterocycles. The van der Waals surface area contributed by atoms with Gasteiger partial charge in [-0.3, -0.25) is 0 Å². The summed E-state index contributed by atoms with van der Waals surface area (Å²) in [6.45, 7) is 9.36. The van der Waals surface area contributed by atoms with Gasteiger partial charge >= 0.3 is 0 Å². The van der Waals surface area contributed by atoms with Crippen LogP contribution in [0, 0.1) is 0 Å². The van der Waals surface area contributed by atoms with Crippen molar-refractivity contribution in [2.75, 3.05) is 0 Å². The highest BCUT2D eigenvalue weighted by Gasteiger charge is 2.42. The van der Waals surface area contributed by atoms with E-state index >= 15 is 0 Å². The zero-order valence-corrected chi connectivity index (χ0v) is 33.7. The normalized spacial score (nSPS) is 14.8. The van der Waals surface area contributed by atoms with Crippen LogP contribution < -0.4 is 0 Å². The molecule has 0 spiro atoms. The predicted molar refractivity (Wildman–Crippen MR) is 244 cm³/mol. The Kier molecular flexibility index (Phi) is 9.62. The Morgan fingerprint density at radius 2 is 0.661 bits per heavy atom. The van der Waals surface area contributed by atoms with Gasteiger partial charge in [-0.25, -0.2) is 0 Å². The van der Waals surface area contributed by atoms with Gasteiger partial charge in [-0.05, 0) is 114 Å². The van der Waals surface area contributed by atoms with Gasteiger partial charge < -0.3 is 0 Å². The van der Waals surface area contributed by atoms with Crippen LogP contribution in [-0.2, 0) is 10.8 Å². The van der Waals surface area contributed by atoms with E-state index in [4.69, 9.17) is 0 Å². The molecule has 0 fully saturated rings. The SMILES string of the molecule is CCCC1(CCC)c2ccccc2-c2ccc(/C=C/c3c4ccccc4c(/C=C/c4ccc5c(c4)C(CCC)(CCC)c4ccccc4-5)c4ccccc34)cc21. The molecule has 0 saturated carbocycles. The van der Waals surface area contributed by atoms with Crippen molar-refractivity contribution < 1.29 is 0 Å². The second-order valence-corrected chi connectivity index (χ2v) is 16.5. The molecule has 7 aromatic carbocycles. The molecule has 0 nitrogen and oxygen atoms in total. The molecule has 0 amide bonds. The average molecular weight is 727 g/mol. The first-order chi connectivity index (χ1) is 27.6. The summed E-state index contributed by atoms with van der Waals surface area (Å²) in [6, 6.07) is 50.7. The zero-order chi connectivity index (χ0) is 38.3. The Bertz CT molecular complexity index is 2390. The van der Waals surface area contributed by atoms with E-state index in [1.54, 1.807) is 0 Å². The molecule has 0 aliphatic heterocycles. The Morgan fingerprint density at radius 3 is 1.02 bits per heavy atom. The molecule has 0 heterocycles. The summed E-state index contributed by atoms with van der Waals surface area (Å²) in [4.78, 5) is 0. The van der Waals surface area contributed by atoms with Crippen molar-refractivity contribution in [3.63, 3.8) is 0 Å². The van der Waals surface area contributed by atoms with E-state index in [9.17, 15) is 0 Å². The van der Waals surface area contributed by atoms with Crippen molar-refractivity contribution in [1.82, 2.24) is 0 Å². The van der Waals surface area contributed by atoms with Crippen molar-refractivity contribution in [3.05, 3.63) is 178 Å². The number of hydrogen-bond acceptors (Lipinski definition) is 0. The zero-order valence-electron chi connectivity index (χ0n) is 33.7. The van der Waals surface area contributed by atoms with Gasteiger partial charge in [0.15, 0.2) is 0 Å². The third-order valence-corrected chi connectivity index (χ3v) is 13.2. The van der Waals surface area contributed by atoms with Crippen LogP contribution in [0.5, 0.6) is 0 Å². The highest BCUT2D eigenvalue weighted by atomic mass is 14.5. The minimum atomic E-state index is 0.0863. The van der Waals surface area contributed by atoms with E-state index < -0.39 is 0 Å². The topological polar surface area (TPSA) is 0 Å². The first kappa shape index (κ1) is 36.2. The number of rotatable bonds is 12. The molecule has 56 heavy (non-hydrogen) atoms. The van der Waals surface area contributed by atoms with E-state index in [0.29, 0.717) is 0 Å². The summed E-state index contributed by atoms with van der Waals surface area (Å²) < 4.78 is 0.